The van der Waals surface area contributed by atoms with Crippen LogP contribution in [0.15, 0.2) is 0 Å². The molecule has 0 unspecified atom stereocenters. The van der Waals surface area contributed by atoms with Crippen LogP contribution in [0, 0.1) is 11.3 Å². The van der Waals surface area contributed by atoms with Gasteiger partial charge in [-0.3, -0.25) is 4.79 Å². The Hall–Kier alpha value is -1.26. The molecule has 0 bridgehead atoms. The number of amides is 1. The van der Waals surface area contributed by atoms with Crippen molar-refractivity contribution >= 4 is 12.1 Å². The van der Waals surface area contributed by atoms with E-state index in [0.29, 0.717) is 0 Å². The van der Waals surface area contributed by atoms with Gasteiger partial charge in [0.05, 0.1) is 11.5 Å². The largest absolute Gasteiger partial charge is 0.481 e. The fourth-order valence-corrected chi connectivity index (χ4v) is 1.88. The van der Waals surface area contributed by atoms with Crippen LogP contribution in [-0.4, -0.2) is 28.8 Å². The van der Waals surface area contributed by atoms with Crippen molar-refractivity contribution in [2.45, 2.75) is 59.1 Å². The van der Waals surface area contributed by atoms with E-state index in [0.717, 1.165) is 12.8 Å². The number of nitrogens with one attached hydrogen (secondary N) is 1. The van der Waals surface area contributed by atoms with Crippen molar-refractivity contribution in [3.8, 4) is 0 Å². The molecule has 5 nitrogen and oxygen atoms in total. The number of hydrogen-bond acceptors (Lipinski definition) is 3. The maximum absolute atomic E-state index is 11.7. The SMILES string of the molecule is CC(C)(C)OC(=O)N[C@@H](C1CC1)C(C)(C)C(=O)O. The molecule has 0 heterocycles. The van der Waals surface area contributed by atoms with E-state index in [1.807, 2.05) is 0 Å². The highest BCUT2D eigenvalue weighted by Gasteiger charge is 2.46. The molecule has 104 valence electrons. The lowest BCUT2D eigenvalue weighted by Gasteiger charge is -2.32. The zero-order valence-electron chi connectivity index (χ0n) is 11.7. The molecule has 0 aromatic carbocycles. The van der Waals surface area contributed by atoms with E-state index < -0.39 is 23.1 Å². The Kier molecular flexibility index (Phi) is 3.93. The van der Waals surface area contributed by atoms with Crippen molar-refractivity contribution in [1.82, 2.24) is 5.32 Å². The van der Waals surface area contributed by atoms with Crippen LogP contribution in [0.3, 0.4) is 0 Å². The quantitative estimate of drug-likeness (QED) is 0.811. The molecule has 1 saturated carbocycles. The van der Waals surface area contributed by atoms with Gasteiger partial charge in [-0.2, -0.15) is 0 Å². The molecule has 0 saturated heterocycles. The molecule has 1 aliphatic rings. The molecule has 1 amide bonds. The van der Waals surface area contributed by atoms with Gasteiger partial charge in [0.1, 0.15) is 5.60 Å². The molecule has 1 atom stereocenters. The summed E-state index contributed by atoms with van der Waals surface area (Å²) >= 11 is 0. The summed E-state index contributed by atoms with van der Waals surface area (Å²) in [7, 11) is 0. The first-order valence-corrected chi connectivity index (χ1v) is 6.27. The van der Waals surface area contributed by atoms with Crippen LogP contribution >= 0.6 is 0 Å². The summed E-state index contributed by atoms with van der Waals surface area (Å²) < 4.78 is 5.18. The minimum Gasteiger partial charge on any atom is -0.481 e. The number of carboxylic acid groups (broad SMARTS) is 1. The van der Waals surface area contributed by atoms with Gasteiger partial charge < -0.3 is 15.2 Å². The Labute approximate surface area is 108 Å². The average Bonchev–Trinajstić information content (AvgIpc) is 2.93. The van der Waals surface area contributed by atoms with Crippen LogP contribution in [-0.2, 0) is 9.53 Å². The molecule has 0 spiro atoms. The second kappa shape index (κ2) is 4.78. The third kappa shape index (κ3) is 3.89. The van der Waals surface area contributed by atoms with E-state index in [4.69, 9.17) is 4.74 Å². The third-order valence-electron chi connectivity index (χ3n) is 3.09. The standard InChI is InChI=1S/C13H23NO4/c1-12(2,3)18-11(17)14-9(8-6-7-8)13(4,5)10(15)16/h8-9H,6-7H2,1-5H3,(H,14,17)(H,15,16)/t9-/m0/s1. The fourth-order valence-electron chi connectivity index (χ4n) is 1.88. The Morgan fingerprint density at radius 2 is 1.72 bits per heavy atom. The summed E-state index contributed by atoms with van der Waals surface area (Å²) in [5, 5.41) is 12.0. The van der Waals surface area contributed by atoms with Gasteiger partial charge in [0, 0.05) is 0 Å². The highest BCUT2D eigenvalue weighted by molar-refractivity contribution is 5.76. The highest BCUT2D eigenvalue weighted by atomic mass is 16.6. The van der Waals surface area contributed by atoms with Crippen LogP contribution in [0.1, 0.15) is 47.5 Å². The molecule has 1 fully saturated rings. The average molecular weight is 257 g/mol. The van der Waals surface area contributed by atoms with E-state index in [2.05, 4.69) is 5.32 Å². The van der Waals surface area contributed by atoms with Crippen molar-refractivity contribution in [1.29, 1.82) is 0 Å². The number of alkyl carbamates (subject to hydrolysis) is 1. The summed E-state index contributed by atoms with van der Waals surface area (Å²) in [5.41, 5.74) is -1.57. The van der Waals surface area contributed by atoms with Crippen LogP contribution in [0.2, 0.25) is 0 Å². The lowest BCUT2D eigenvalue weighted by molar-refractivity contribution is -0.148. The molecular formula is C13H23NO4. The maximum Gasteiger partial charge on any atom is 0.407 e. The molecule has 18 heavy (non-hydrogen) atoms. The normalized spacial score (nSPS) is 18.1. The van der Waals surface area contributed by atoms with Gasteiger partial charge in [-0.25, -0.2) is 4.79 Å². The van der Waals surface area contributed by atoms with Crippen LogP contribution < -0.4 is 5.32 Å². The van der Waals surface area contributed by atoms with Gasteiger partial charge in [0.15, 0.2) is 0 Å². The smallest absolute Gasteiger partial charge is 0.407 e. The molecular weight excluding hydrogens is 234 g/mol. The molecule has 5 heteroatoms. The number of carboxylic acids is 1. The lowest BCUT2D eigenvalue weighted by atomic mass is 9.81. The minimum atomic E-state index is -0.988. The predicted octanol–water partition coefficient (Wildman–Crippen LogP) is 2.40. The first kappa shape index (κ1) is 14.8. The van der Waals surface area contributed by atoms with Crippen molar-refractivity contribution < 1.29 is 19.4 Å². The van der Waals surface area contributed by atoms with Crippen LogP contribution in [0.4, 0.5) is 4.79 Å². The molecule has 0 aromatic heterocycles. The zero-order valence-corrected chi connectivity index (χ0v) is 11.7. The number of aliphatic carboxylic acids is 1. The molecule has 1 aliphatic carbocycles. The highest BCUT2D eigenvalue weighted by Crippen LogP contribution is 2.40. The Balaban J connectivity index is 2.70. The predicted molar refractivity (Wildman–Crippen MR) is 67.3 cm³/mol. The van der Waals surface area contributed by atoms with Gasteiger partial charge in [-0.1, -0.05) is 0 Å². The van der Waals surface area contributed by atoms with Gasteiger partial charge in [-0.05, 0) is 53.4 Å². The van der Waals surface area contributed by atoms with Crippen molar-refractivity contribution in [3.05, 3.63) is 0 Å². The summed E-state index contributed by atoms with van der Waals surface area (Å²) in [4.78, 5) is 23.0. The maximum atomic E-state index is 11.7. The van der Waals surface area contributed by atoms with Crippen LogP contribution in [0.25, 0.3) is 0 Å². The second-order valence-electron chi connectivity index (χ2n) is 6.49. The number of rotatable bonds is 4. The summed E-state index contributed by atoms with van der Waals surface area (Å²) in [6.07, 6.45) is 1.36. The van der Waals surface area contributed by atoms with Crippen LogP contribution in [0.5, 0.6) is 0 Å². The molecule has 2 N–H and O–H groups in total. The Morgan fingerprint density at radius 1 is 1.22 bits per heavy atom. The number of ether oxygens (including phenoxy) is 1. The van der Waals surface area contributed by atoms with Gasteiger partial charge in [0.25, 0.3) is 0 Å². The van der Waals surface area contributed by atoms with Gasteiger partial charge >= 0.3 is 12.1 Å². The van der Waals surface area contributed by atoms with E-state index in [1.165, 1.54) is 0 Å². The molecule has 0 aliphatic heterocycles. The Bertz CT molecular complexity index is 339. The topological polar surface area (TPSA) is 75.6 Å². The summed E-state index contributed by atoms with van der Waals surface area (Å²) in [5.74, 6) is -0.668. The van der Waals surface area contributed by atoms with E-state index in [-0.39, 0.29) is 12.0 Å². The van der Waals surface area contributed by atoms with E-state index in [1.54, 1.807) is 34.6 Å². The number of hydrogen-bond donors (Lipinski definition) is 2. The van der Waals surface area contributed by atoms with Crippen molar-refractivity contribution in [2.75, 3.05) is 0 Å². The molecule has 0 radical (unpaired) electrons. The van der Waals surface area contributed by atoms with Gasteiger partial charge in [-0.15, -0.1) is 0 Å². The first-order valence-electron chi connectivity index (χ1n) is 6.27. The lowest BCUT2D eigenvalue weighted by Crippen LogP contribution is -2.51. The number of carbonyl (C=O) groups is 2. The van der Waals surface area contributed by atoms with E-state index in [9.17, 15) is 14.7 Å². The minimum absolute atomic E-state index is 0.239. The molecule has 0 aromatic rings. The van der Waals surface area contributed by atoms with Gasteiger partial charge in [0.2, 0.25) is 0 Å². The summed E-state index contributed by atoms with van der Waals surface area (Å²) in [6.45, 7) is 8.61. The first-order chi connectivity index (χ1) is 8.04. The fraction of sp³-hybridized carbons (Fsp3) is 0.846. The number of carbonyl (C=O) groups excluding carboxylic acids is 1. The van der Waals surface area contributed by atoms with Crippen molar-refractivity contribution in [3.63, 3.8) is 0 Å². The Morgan fingerprint density at radius 3 is 2.06 bits per heavy atom. The van der Waals surface area contributed by atoms with E-state index >= 15 is 0 Å². The summed E-state index contributed by atoms with van der Waals surface area (Å²) in [6, 6.07) is -0.384. The third-order valence-corrected chi connectivity index (χ3v) is 3.09. The monoisotopic (exact) mass is 257 g/mol. The van der Waals surface area contributed by atoms with Crippen molar-refractivity contribution in [2.24, 2.45) is 11.3 Å². The molecule has 1 rings (SSSR count). The zero-order chi connectivity index (χ0) is 14.1. The second-order valence-corrected chi connectivity index (χ2v) is 6.49.